The first kappa shape index (κ1) is 16.6. The van der Waals surface area contributed by atoms with Crippen LogP contribution in [0.5, 0.6) is 0 Å². The molecule has 8 heteroatoms. The molecule has 23 heavy (non-hydrogen) atoms. The van der Waals surface area contributed by atoms with E-state index < -0.39 is 15.9 Å². The first-order valence-electron chi connectivity index (χ1n) is 6.76. The maximum Gasteiger partial charge on any atom is 0.150 e. The van der Waals surface area contributed by atoms with E-state index in [1.54, 1.807) is 18.3 Å². The zero-order chi connectivity index (χ0) is 16.8. The number of hydrogen-bond acceptors (Lipinski definition) is 3. The average molecular weight is 418 g/mol. The van der Waals surface area contributed by atoms with E-state index >= 15 is 0 Å². The number of halogens is 2. The van der Waals surface area contributed by atoms with E-state index in [2.05, 4.69) is 25.9 Å². The molecule has 3 rings (SSSR count). The van der Waals surface area contributed by atoms with Gasteiger partial charge in [0.05, 0.1) is 16.5 Å². The molecule has 0 bridgehead atoms. The summed E-state index contributed by atoms with van der Waals surface area (Å²) >= 11 is 9.55. The third-order valence-corrected chi connectivity index (χ3v) is 5.65. The van der Waals surface area contributed by atoms with Crippen LogP contribution in [-0.4, -0.2) is 35.5 Å². The number of sulfone groups is 1. The summed E-state index contributed by atoms with van der Waals surface area (Å²) in [6.45, 7) is 0. The SMILES string of the molecule is CS(=O)(=O)CC(O)c1[nH]c2cc(Br)c(Cl)cc2c1-c1ccc[nH]1. The fraction of sp³-hybridized carbons (Fsp3) is 0.200. The number of aliphatic hydroxyl groups is 1. The molecule has 0 aliphatic heterocycles. The Morgan fingerprint density at radius 1 is 1.39 bits per heavy atom. The number of nitrogens with one attached hydrogen (secondary N) is 2. The summed E-state index contributed by atoms with van der Waals surface area (Å²) in [5.74, 6) is -0.359. The van der Waals surface area contributed by atoms with E-state index in [4.69, 9.17) is 11.6 Å². The lowest BCUT2D eigenvalue weighted by Gasteiger charge is -2.10. The van der Waals surface area contributed by atoms with Gasteiger partial charge in [0.25, 0.3) is 0 Å². The highest BCUT2D eigenvalue weighted by Gasteiger charge is 2.23. The van der Waals surface area contributed by atoms with Crippen LogP contribution in [0.4, 0.5) is 0 Å². The highest BCUT2D eigenvalue weighted by Crippen LogP contribution is 2.38. The molecule has 1 aromatic carbocycles. The number of hydrogen-bond donors (Lipinski definition) is 3. The van der Waals surface area contributed by atoms with Gasteiger partial charge in [-0.25, -0.2) is 8.42 Å². The smallest absolute Gasteiger partial charge is 0.150 e. The fourth-order valence-electron chi connectivity index (χ4n) is 2.61. The number of rotatable bonds is 4. The molecule has 2 heterocycles. The third kappa shape index (κ3) is 3.33. The Bertz CT molecular complexity index is 964. The van der Waals surface area contributed by atoms with E-state index in [1.165, 1.54) is 0 Å². The highest BCUT2D eigenvalue weighted by molar-refractivity contribution is 9.10. The van der Waals surface area contributed by atoms with Crippen LogP contribution in [0.15, 0.2) is 34.9 Å². The molecule has 0 radical (unpaired) electrons. The topological polar surface area (TPSA) is 85.9 Å². The standard InChI is InChI=1S/C15H14BrClN2O3S/c1-23(21,22)7-13(20)15-14(11-3-2-4-18-11)8-5-10(17)9(16)6-12(8)19-15/h2-6,13,18-20H,7H2,1H3. The summed E-state index contributed by atoms with van der Waals surface area (Å²) in [6.07, 6.45) is 1.70. The average Bonchev–Trinajstić information content (AvgIpc) is 3.04. The Kier molecular flexibility index (Phi) is 4.31. The Labute approximate surface area is 146 Å². The minimum absolute atomic E-state index is 0.359. The second kappa shape index (κ2) is 5.98. The lowest BCUT2D eigenvalue weighted by molar-refractivity contribution is 0.198. The molecule has 5 nitrogen and oxygen atoms in total. The lowest BCUT2D eigenvalue weighted by Crippen LogP contribution is -2.13. The molecular weight excluding hydrogens is 404 g/mol. The van der Waals surface area contributed by atoms with Gasteiger partial charge in [-0.1, -0.05) is 11.6 Å². The Balaban J connectivity index is 2.26. The van der Waals surface area contributed by atoms with Gasteiger partial charge in [-0.2, -0.15) is 0 Å². The van der Waals surface area contributed by atoms with Crippen molar-refractivity contribution in [3.63, 3.8) is 0 Å². The monoisotopic (exact) mass is 416 g/mol. The van der Waals surface area contributed by atoms with E-state index in [1.807, 2.05) is 12.1 Å². The molecule has 0 saturated heterocycles. The van der Waals surface area contributed by atoms with Crippen LogP contribution in [0.2, 0.25) is 5.02 Å². The molecule has 2 aromatic heterocycles. The van der Waals surface area contributed by atoms with Crippen LogP contribution in [-0.2, 0) is 9.84 Å². The molecule has 3 N–H and O–H groups in total. The van der Waals surface area contributed by atoms with Crippen LogP contribution in [0.1, 0.15) is 11.8 Å². The highest BCUT2D eigenvalue weighted by atomic mass is 79.9. The second-order valence-electron chi connectivity index (χ2n) is 5.42. The van der Waals surface area contributed by atoms with Crippen LogP contribution in [0, 0.1) is 0 Å². The van der Waals surface area contributed by atoms with Gasteiger partial charge in [0.2, 0.25) is 0 Å². The van der Waals surface area contributed by atoms with Crippen molar-refractivity contribution in [2.75, 3.05) is 12.0 Å². The number of H-pyrrole nitrogens is 2. The summed E-state index contributed by atoms with van der Waals surface area (Å²) in [7, 11) is -3.33. The number of aliphatic hydroxyl groups excluding tert-OH is 1. The molecule has 0 saturated carbocycles. The first-order chi connectivity index (χ1) is 10.8. The first-order valence-corrected chi connectivity index (χ1v) is 9.99. The predicted molar refractivity (Wildman–Crippen MR) is 95.5 cm³/mol. The number of benzene rings is 1. The largest absolute Gasteiger partial charge is 0.386 e. The molecule has 1 atom stereocenters. The van der Waals surface area contributed by atoms with Gasteiger partial charge in [0.15, 0.2) is 0 Å². The quantitative estimate of drug-likeness (QED) is 0.605. The van der Waals surface area contributed by atoms with Gasteiger partial charge in [0.1, 0.15) is 15.9 Å². The van der Waals surface area contributed by atoms with Crippen molar-refractivity contribution in [2.45, 2.75) is 6.10 Å². The third-order valence-electron chi connectivity index (χ3n) is 3.53. The summed E-state index contributed by atoms with van der Waals surface area (Å²) in [6, 6.07) is 7.28. The van der Waals surface area contributed by atoms with Crippen molar-refractivity contribution in [1.82, 2.24) is 9.97 Å². The van der Waals surface area contributed by atoms with E-state index in [0.717, 1.165) is 32.9 Å². The summed E-state index contributed by atoms with van der Waals surface area (Å²) < 4.78 is 23.8. The predicted octanol–water partition coefficient (Wildman–Crippen LogP) is 3.66. The van der Waals surface area contributed by atoms with Gasteiger partial charge < -0.3 is 15.1 Å². The van der Waals surface area contributed by atoms with Crippen LogP contribution in [0.25, 0.3) is 22.2 Å². The fourth-order valence-corrected chi connectivity index (χ4v) is 3.85. The Morgan fingerprint density at radius 2 is 2.13 bits per heavy atom. The molecule has 0 spiro atoms. The summed E-state index contributed by atoms with van der Waals surface area (Å²) in [4.78, 5) is 6.21. The van der Waals surface area contributed by atoms with Crippen molar-refractivity contribution < 1.29 is 13.5 Å². The second-order valence-corrected chi connectivity index (χ2v) is 8.86. The normalized spacial score (nSPS) is 13.6. The minimum Gasteiger partial charge on any atom is -0.386 e. The Morgan fingerprint density at radius 3 is 2.74 bits per heavy atom. The zero-order valence-electron chi connectivity index (χ0n) is 12.1. The van der Waals surface area contributed by atoms with E-state index in [9.17, 15) is 13.5 Å². The molecule has 0 aliphatic rings. The molecular formula is C15H14BrClN2O3S. The Hall–Kier alpha value is -1.28. The van der Waals surface area contributed by atoms with Gasteiger partial charge in [-0.15, -0.1) is 0 Å². The van der Waals surface area contributed by atoms with Gasteiger partial charge in [-0.3, -0.25) is 0 Å². The molecule has 0 fully saturated rings. The van der Waals surface area contributed by atoms with Gasteiger partial charge in [0, 0.05) is 39.1 Å². The number of fused-ring (bicyclic) bond motifs is 1. The maximum atomic E-state index is 11.5. The molecule has 122 valence electrons. The van der Waals surface area contributed by atoms with Gasteiger partial charge >= 0.3 is 0 Å². The zero-order valence-corrected chi connectivity index (χ0v) is 15.3. The lowest BCUT2D eigenvalue weighted by atomic mass is 10.1. The molecule has 1 unspecified atom stereocenters. The van der Waals surface area contributed by atoms with Crippen molar-refractivity contribution in [1.29, 1.82) is 0 Å². The van der Waals surface area contributed by atoms with Crippen molar-refractivity contribution >= 4 is 48.3 Å². The number of aromatic nitrogens is 2. The van der Waals surface area contributed by atoms with E-state index in [0.29, 0.717) is 10.7 Å². The van der Waals surface area contributed by atoms with Crippen LogP contribution < -0.4 is 0 Å². The van der Waals surface area contributed by atoms with Crippen molar-refractivity contribution in [2.24, 2.45) is 0 Å². The molecule has 3 aromatic rings. The summed E-state index contributed by atoms with van der Waals surface area (Å²) in [5, 5.41) is 11.8. The van der Waals surface area contributed by atoms with Crippen LogP contribution >= 0.6 is 27.5 Å². The molecule has 0 amide bonds. The minimum atomic E-state index is -3.33. The van der Waals surface area contributed by atoms with Crippen molar-refractivity contribution in [3.8, 4) is 11.3 Å². The maximum absolute atomic E-state index is 11.5. The summed E-state index contributed by atoms with van der Waals surface area (Å²) in [5.41, 5.74) is 2.70. The van der Waals surface area contributed by atoms with Crippen LogP contribution in [0.3, 0.4) is 0 Å². The van der Waals surface area contributed by atoms with E-state index in [-0.39, 0.29) is 5.75 Å². The molecule has 0 aliphatic carbocycles. The number of aromatic amines is 2. The van der Waals surface area contributed by atoms with Gasteiger partial charge in [-0.05, 0) is 40.2 Å². The van der Waals surface area contributed by atoms with Crippen molar-refractivity contribution in [3.05, 3.63) is 45.7 Å².